The number of thioether (sulfide) groups is 1. The lowest BCUT2D eigenvalue weighted by molar-refractivity contribution is -0.148. The molecule has 0 radical (unpaired) electrons. The highest BCUT2D eigenvalue weighted by Crippen LogP contribution is 2.69. The summed E-state index contributed by atoms with van der Waals surface area (Å²) in [5.41, 5.74) is 2.51. The average molecular weight is 671 g/mol. The molecule has 6 rings (SSSR count). The highest BCUT2D eigenvalue weighted by Gasteiger charge is 2.77. The normalized spacial score (nSPS) is 27.1. The molecule has 8 atom stereocenters. The van der Waals surface area contributed by atoms with Gasteiger partial charge in [-0.2, -0.15) is 0 Å². The molecule has 48 heavy (non-hydrogen) atoms. The number of amides is 3. The minimum absolute atomic E-state index is 0.0134. The van der Waals surface area contributed by atoms with Crippen molar-refractivity contribution in [1.82, 2.24) is 29.7 Å². The fourth-order valence-electron chi connectivity index (χ4n) is 8.33. The summed E-state index contributed by atoms with van der Waals surface area (Å²) >= 11 is 1.65. The van der Waals surface area contributed by atoms with Gasteiger partial charge in [0.25, 0.3) is 0 Å². The van der Waals surface area contributed by atoms with Crippen LogP contribution < -0.4 is 0 Å². The Morgan fingerprint density at radius 1 is 1.08 bits per heavy atom. The molecular weight excluding hydrogens is 625 g/mol. The first kappa shape index (κ1) is 33.9. The predicted octanol–water partition coefficient (Wildman–Crippen LogP) is 4.36. The topological polar surface area (TPSA) is 112 Å². The van der Waals surface area contributed by atoms with Gasteiger partial charge in [0.2, 0.25) is 17.7 Å². The third kappa shape index (κ3) is 5.54. The zero-order valence-electron chi connectivity index (χ0n) is 28.0. The van der Waals surface area contributed by atoms with E-state index in [1.54, 1.807) is 43.3 Å². The van der Waals surface area contributed by atoms with Crippen LogP contribution in [-0.2, 0) is 27.6 Å². The third-order valence-electron chi connectivity index (χ3n) is 10.8. The first-order valence-electron chi connectivity index (χ1n) is 16.9. The molecule has 3 aliphatic rings. The van der Waals surface area contributed by atoms with Gasteiger partial charge in [-0.1, -0.05) is 87.0 Å². The molecule has 10 nitrogen and oxygen atoms in total. The number of carbonyl (C=O) groups is 3. The first-order valence-corrected chi connectivity index (χ1v) is 17.8. The average Bonchev–Trinajstić information content (AvgIpc) is 3.82. The number of benzene rings is 2. The number of carbonyl (C=O) groups excluding carboxylic acids is 3. The molecule has 254 valence electrons. The molecule has 1 N–H and O–H groups in total. The molecule has 3 aliphatic heterocycles. The maximum Gasteiger partial charge on any atom is 0.248 e. The van der Waals surface area contributed by atoms with Crippen LogP contribution in [0.25, 0.3) is 11.0 Å². The lowest BCUT2D eigenvalue weighted by atomic mass is 9.65. The van der Waals surface area contributed by atoms with E-state index in [-0.39, 0.29) is 54.6 Å². The molecule has 3 unspecified atom stereocenters. The smallest absolute Gasteiger partial charge is 0.248 e. The van der Waals surface area contributed by atoms with Gasteiger partial charge in [0.1, 0.15) is 18.2 Å². The van der Waals surface area contributed by atoms with Crippen LogP contribution in [-0.4, -0.2) is 94.3 Å². The van der Waals surface area contributed by atoms with Gasteiger partial charge in [-0.05, 0) is 36.0 Å². The number of rotatable bonds is 14. The van der Waals surface area contributed by atoms with E-state index in [2.05, 4.69) is 30.4 Å². The molecule has 3 fully saturated rings. The zero-order chi connectivity index (χ0) is 34.2. The van der Waals surface area contributed by atoms with Crippen LogP contribution in [0.15, 0.2) is 79.9 Å². The highest BCUT2D eigenvalue weighted by atomic mass is 32.2. The van der Waals surface area contributed by atoms with Crippen molar-refractivity contribution >= 4 is 40.5 Å². The molecule has 0 aliphatic carbocycles. The van der Waals surface area contributed by atoms with Crippen molar-refractivity contribution in [3.8, 4) is 0 Å². The second-order valence-electron chi connectivity index (χ2n) is 13.5. The molecule has 3 aromatic rings. The number of para-hydroxylation sites is 1. The van der Waals surface area contributed by atoms with E-state index in [4.69, 9.17) is 0 Å². The third-order valence-corrected chi connectivity index (χ3v) is 12.9. The Hall–Kier alpha value is -3.96. The minimum Gasteiger partial charge on any atom is -0.394 e. The number of likely N-dealkylation sites (tertiary alicyclic amines) is 1. The van der Waals surface area contributed by atoms with Crippen molar-refractivity contribution in [2.75, 3.05) is 19.7 Å². The van der Waals surface area contributed by atoms with Gasteiger partial charge in [0.05, 0.1) is 34.7 Å². The van der Waals surface area contributed by atoms with Crippen molar-refractivity contribution in [3.05, 3.63) is 85.5 Å². The number of hydrogen-bond donors (Lipinski definition) is 1. The number of aliphatic hydroxyl groups excluding tert-OH is 1. The molecule has 3 amide bonds. The number of aliphatic hydroxyl groups is 1. The second kappa shape index (κ2) is 13.9. The van der Waals surface area contributed by atoms with Crippen molar-refractivity contribution in [1.29, 1.82) is 0 Å². The van der Waals surface area contributed by atoms with E-state index in [9.17, 15) is 14.7 Å². The lowest BCUT2D eigenvalue weighted by Gasteiger charge is -2.43. The van der Waals surface area contributed by atoms with Crippen molar-refractivity contribution in [3.63, 3.8) is 0 Å². The monoisotopic (exact) mass is 670 g/mol. The van der Waals surface area contributed by atoms with Gasteiger partial charge in [-0.25, -0.2) is 4.68 Å². The van der Waals surface area contributed by atoms with Crippen LogP contribution in [0.3, 0.4) is 0 Å². The summed E-state index contributed by atoms with van der Waals surface area (Å²) in [5.74, 6) is -1.90. The lowest BCUT2D eigenvalue weighted by Crippen LogP contribution is -2.60. The highest BCUT2D eigenvalue weighted by molar-refractivity contribution is 8.02. The van der Waals surface area contributed by atoms with E-state index in [0.717, 1.165) is 23.0 Å². The predicted molar refractivity (Wildman–Crippen MR) is 187 cm³/mol. The molecule has 11 heteroatoms. The summed E-state index contributed by atoms with van der Waals surface area (Å²) in [5, 5.41) is 19.3. The quantitative estimate of drug-likeness (QED) is 0.254. The molecular formula is C37H46N6O4S. The number of aromatic nitrogens is 3. The summed E-state index contributed by atoms with van der Waals surface area (Å²) in [6, 6.07) is 15.9. The largest absolute Gasteiger partial charge is 0.394 e. The van der Waals surface area contributed by atoms with Crippen LogP contribution in [0.1, 0.15) is 39.2 Å². The fourth-order valence-corrected chi connectivity index (χ4v) is 10.7. The Kier molecular flexibility index (Phi) is 9.81. The van der Waals surface area contributed by atoms with E-state index >= 15 is 4.79 Å². The van der Waals surface area contributed by atoms with Crippen LogP contribution in [0.4, 0.5) is 0 Å². The van der Waals surface area contributed by atoms with E-state index in [0.29, 0.717) is 19.5 Å². The van der Waals surface area contributed by atoms with E-state index < -0.39 is 28.7 Å². The number of nitrogens with zero attached hydrogens (tertiary/aromatic N) is 6. The molecule has 2 bridgehead atoms. The van der Waals surface area contributed by atoms with Gasteiger partial charge in [0.15, 0.2) is 0 Å². The SMILES string of the molecule is C=CCN(Cn1nnc2ccccc21)C(=O)C1N([C@@H](CO)[C@@H](C)CC)C(=O)[C@@H]2[C@H](C(=O)N(CC=C)Cc3ccccc3)[C@@H]3CC(C)C12S3. The molecule has 1 aromatic heterocycles. The maximum atomic E-state index is 15.1. The molecule has 1 spiro atoms. The van der Waals surface area contributed by atoms with Gasteiger partial charge in [0, 0.05) is 24.9 Å². The summed E-state index contributed by atoms with van der Waals surface area (Å²) in [4.78, 5) is 49.9. The second-order valence-corrected chi connectivity index (χ2v) is 15.0. The first-order chi connectivity index (χ1) is 23.2. The number of fused-ring (bicyclic) bond motifs is 2. The summed E-state index contributed by atoms with van der Waals surface area (Å²) in [7, 11) is 0. The number of hydrogen-bond acceptors (Lipinski definition) is 7. The Morgan fingerprint density at radius 2 is 1.77 bits per heavy atom. The molecule has 2 aromatic carbocycles. The van der Waals surface area contributed by atoms with Gasteiger partial charge in [-0.15, -0.1) is 30.0 Å². The van der Waals surface area contributed by atoms with Crippen LogP contribution in [0, 0.1) is 23.7 Å². The Bertz CT molecular complexity index is 1680. The van der Waals surface area contributed by atoms with Crippen molar-refractivity contribution < 1.29 is 19.5 Å². The van der Waals surface area contributed by atoms with Gasteiger partial charge >= 0.3 is 0 Å². The molecule has 3 saturated heterocycles. The molecule has 0 saturated carbocycles. The summed E-state index contributed by atoms with van der Waals surface area (Å²) in [6.45, 7) is 14.8. The standard InChI is InChI=1S/C37H46N6O4S/c1-6-18-40(21-26-14-10-9-11-15-26)34(45)31-30-20-25(5)37(48-30)32(31)35(46)43(29(22-44)24(4)8-3)33(37)36(47)41(19-7-2)23-42-28-17-13-12-16-27(28)38-39-42/h6-7,9-17,24-25,29-33,44H,1-2,8,18-23H2,3-5H3/t24-,25?,29-,30-,31+,32-,33?,37?/m0/s1. The summed E-state index contributed by atoms with van der Waals surface area (Å²) < 4.78 is 0.855. The molecule has 4 heterocycles. The Balaban J connectivity index is 1.42. The van der Waals surface area contributed by atoms with Crippen LogP contribution >= 0.6 is 11.8 Å². The van der Waals surface area contributed by atoms with E-state index in [1.165, 1.54) is 0 Å². The fraction of sp³-hybridized carbons (Fsp3) is 0.486. The maximum absolute atomic E-state index is 15.1. The van der Waals surface area contributed by atoms with E-state index in [1.807, 2.05) is 68.4 Å². The zero-order valence-corrected chi connectivity index (χ0v) is 28.8. The van der Waals surface area contributed by atoms with Crippen molar-refractivity contribution in [2.45, 2.75) is 68.9 Å². The minimum atomic E-state index is -0.874. The summed E-state index contributed by atoms with van der Waals surface area (Å²) in [6.07, 6.45) is 4.84. The van der Waals surface area contributed by atoms with Crippen molar-refractivity contribution in [2.24, 2.45) is 23.7 Å². The van der Waals surface area contributed by atoms with Gasteiger partial charge < -0.3 is 19.8 Å². The van der Waals surface area contributed by atoms with Crippen LogP contribution in [0.2, 0.25) is 0 Å². The Morgan fingerprint density at radius 3 is 2.46 bits per heavy atom. The van der Waals surface area contributed by atoms with Crippen LogP contribution in [0.5, 0.6) is 0 Å². The van der Waals surface area contributed by atoms with Gasteiger partial charge in [-0.3, -0.25) is 14.4 Å². The Labute approximate surface area is 286 Å².